The van der Waals surface area contributed by atoms with E-state index in [-0.39, 0.29) is 0 Å². The summed E-state index contributed by atoms with van der Waals surface area (Å²) in [6, 6.07) is 11.6. The smallest absolute Gasteiger partial charge is 0.0274 e. The second kappa shape index (κ2) is 4.98. The summed E-state index contributed by atoms with van der Waals surface area (Å²) in [5.41, 5.74) is 7.57. The summed E-state index contributed by atoms with van der Waals surface area (Å²) >= 11 is 0. The van der Waals surface area contributed by atoms with Crippen molar-refractivity contribution in [3.63, 3.8) is 0 Å². The minimum absolute atomic E-state index is 0.351. The maximum absolute atomic E-state index is 6.18. The van der Waals surface area contributed by atoms with E-state index in [1.807, 2.05) is 0 Å². The van der Waals surface area contributed by atoms with Crippen LogP contribution in [0.15, 0.2) is 30.3 Å². The van der Waals surface area contributed by atoms with Gasteiger partial charge in [-0.3, -0.25) is 4.90 Å². The fourth-order valence-electron chi connectivity index (χ4n) is 2.82. The highest BCUT2D eigenvalue weighted by molar-refractivity contribution is 5.15. The van der Waals surface area contributed by atoms with E-state index in [4.69, 9.17) is 5.73 Å². The van der Waals surface area contributed by atoms with E-state index in [0.29, 0.717) is 18.0 Å². The standard InChI is InChI=1S/C14H22N2/c1-11(2)14-13(15)8-9-16(14)10-12-6-4-3-5-7-12/h3-7,11,13-14H,8-10,15H2,1-2H3/t13-,14+/m1/s1. The monoisotopic (exact) mass is 218 g/mol. The van der Waals surface area contributed by atoms with Gasteiger partial charge in [-0.15, -0.1) is 0 Å². The lowest BCUT2D eigenvalue weighted by atomic mass is 9.98. The molecule has 16 heavy (non-hydrogen) atoms. The highest BCUT2D eigenvalue weighted by Crippen LogP contribution is 2.24. The van der Waals surface area contributed by atoms with E-state index in [1.165, 1.54) is 5.56 Å². The zero-order valence-electron chi connectivity index (χ0n) is 10.3. The van der Waals surface area contributed by atoms with Crippen LogP contribution in [0.3, 0.4) is 0 Å². The van der Waals surface area contributed by atoms with E-state index >= 15 is 0 Å². The quantitative estimate of drug-likeness (QED) is 0.843. The summed E-state index contributed by atoms with van der Waals surface area (Å²) < 4.78 is 0. The van der Waals surface area contributed by atoms with Crippen molar-refractivity contribution in [1.29, 1.82) is 0 Å². The molecule has 1 aliphatic heterocycles. The molecule has 0 bridgehead atoms. The van der Waals surface area contributed by atoms with Crippen molar-refractivity contribution in [3.8, 4) is 0 Å². The highest BCUT2D eigenvalue weighted by Gasteiger charge is 2.33. The fraction of sp³-hybridized carbons (Fsp3) is 0.571. The number of rotatable bonds is 3. The van der Waals surface area contributed by atoms with E-state index < -0.39 is 0 Å². The van der Waals surface area contributed by atoms with Crippen LogP contribution < -0.4 is 5.73 Å². The zero-order chi connectivity index (χ0) is 11.5. The summed E-state index contributed by atoms with van der Waals surface area (Å²) in [6.45, 7) is 6.72. The molecule has 2 rings (SSSR count). The minimum atomic E-state index is 0.351. The van der Waals surface area contributed by atoms with Crippen molar-refractivity contribution in [2.45, 2.75) is 38.9 Å². The number of hydrogen-bond acceptors (Lipinski definition) is 2. The van der Waals surface area contributed by atoms with Crippen LogP contribution in [-0.2, 0) is 6.54 Å². The van der Waals surface area contributed by atoms with Gasteiger partial charge in [0.25, 0.3) is 0 Å². The average molecular weight is 218 g/mol. The van der Waals surface area contributed by atoms with Crippen LogP contribution in [0.25, 0.3) is 0 Å². The lowest BCUT2D eigenvalue weighted by Gasteiger charge is -2.30. The lowest BCUT2D eigenvalue weighted by Crippen LogP contribution is -2.42. The van der Waals surface area contributed by atoms with Gasteiger partial charge in [0.2, 0.25) is 0 Å². The molecule has 0 radical (unpaired) electrons. The number of benzene rings is 1. The third kappa shape index (κ3) is 2.45. The number of hydrogen-bond donors (Lipinski definition) is 1. The van der Waals surface area contributed by atoms with Crippen LogP contribution >= 0.6 is 0 Å². The minimum Gasteiger partial charge on any atom is -0.326 e. The molecule has 2 heteroatoms. The van der Waals surface area contributed by atoms with Crippen molar-refractivity contribution < 1.29 is 0 Å². The molecule has 0 saturated carbocycles. The topological polar surface area (TPSA) is 29.3 Å². The molecule has 0 aliphatic carbocycles. The molecule has 0 amide bonds. The molecule has 0 spiro atoms. The summed E-state index contributed by atoms with van der Waals surface area (Å²) in [5.74, 6) is 0.640. The first-order chi connectivity index (χ1) is 7.68. The summed E-state index contributed by atoms with van der Waals surface area (Å²) in [7, 11) is 0. The van der Waals surface area contributed by atoms with Crippen LogP contribution in [0, 0.1) is 5.92 Å². The van der Waals surface area contributed by atoms with Crippen LogP contribution in [-0.4, -0.2) is 23.5 Å². The van der Waals surface area contributed by atoms with Crippen LogP contribution in [0.2, 0.25) is 0 Å². The molecule has 1 fully saturated rings. The van der Waals surface area contributed by atoms with E-state index in [0.717, 1.165) is 19.5 Å². The van der Waals surface area contributed by atoms with Gasteiger partial charge in [-0.1, -0.05) is 44.2 Å². The van der Waals surface area contributed by atoms with Crippen molar-refractivity contribution in [2.24, 2.45) is 11.7 Å². The Bertz CT molecular complexity index is 321. The maximum atomic E-state index is 6.18. The van der Waals surface area contributed by atoms with Gasteiger partial charge >= 0.3 is 0 Å². The van der Waals surface area contributed by atoms with E-state index in [2.05, 4.69) is 49.1 Å². The summed E-state index contributed by atoms with van der Waals surface area (Å²) in [6.07, 6.45) is 1.13. The Morgan fingerprint density at radius 2 is 2.00 bits per heavy atom. The number of nitrogens with zero attached hydrogens (tertiary/aromatic N) is 1. The molecule has 1 aliphatic rings. The highest BCUT2D eigenvalue weighted by atomic mass is 15.2. The van der Waals surface area contributed by atoms with Crippen molar-refractivity contribution in [1.82, 2.24) is 4.90 Å². The molecule has 88 valence electrons. The fourth-order valence-corrected chi connectivity index (χ4v) is 2.82. The second-order valence-electron chi connectivity index (χ2n) is 5.14. The van der Waals surface area contributed by atoms with Gasteiger partial charge in [-0.2, -0.15) is 0 Å². The normalized spacial score (nSPS) is 26.5. The Balaban J connectivity index is 2.05. The molecule has 0 unspecified atom stereocenters. The third-order valence-electron chi connectivity index (χ3n) is 3.52. The van der Waals surface area contributed by atoms with Crippen molar-refractivity contribution in [3.05, 3.63) is 35.9 Å². The first kappa shape index (κ1) is 11.6. The van der Waals surface area contributed by atoms with Gasteiger partial charge in [0, 0.05) is 25.2 Å². The molecule has 2 atom stereocenters. The molecule has 1 saturated heterocycles. The van der Waals surface area contributed by atoms with Gasteiger partial charge in [-0.25, -0.2) is 0 Å². The molecule has 2 N–H and O–H groups in total. The molecular formula is C14H22N2. The van der Waals surface area contributed by atoms with Gasteiger partial charge in [0.05, 0.1) is 0 Å². The maximum Gasteiger partial charge on any atom is 0.0274 e. The predicted octanol–water partition coefficient (Wildman–Crippen LogP) is 2.24. The van der Waals surface area contributed by atoms with Gasteiger partial charge < -0.3 is 5.73 Å². The molecule has 1 heterocycles. The van der Waals surface area contributed by atoms with E-state index in [1.54, 1.807) is 0 Å². The van der Waals surface area contributed by atoms with Gasteiger partial charge in [-0.05, 0) is 17.9 Å². The largest absolute Gasteiger partial charge is 0.326 e. The predicted molar refractivity (Wildman–Crippen MR) is 68.1 cm³/mol. The molecule has 2 nitrogen and oxygen atoms in total. The van der Waals surface area contributed by atoms with Gasteiger partial charge in [0.15, 0.2) is 0 Å². The molecule has 1 aromatic carbocycles. The lowest BCUT2D eigenvalue weighted by molar-refractivity contribution is 0.188. The van der Waals surface area contributed by atoms with Gasteiger partial charge in [0.1, 0.15) is 0 Å². The second-order valence-corrected chi connectivity index (χ2v) is 5.14. The molecular weight excluding hydrogens is 196 g/mol. The molecule has 0 aromatic heterocycles. The zero-order valence-corrected chi connectivity index (χ0v) is 10.3. The van der Waals surface area contributed by atoms with Crippen LogP contribution in [0.5, 0.6) is 0 Å². The van der Waals surface area contributed by atoms with Crippen molar-refractivity contribution >= 4 is 0 Å². The Labute approximate surface area is 98.4 Å². The molecule has 1 aromatic rings. The summed E-state index contributed by atoms with van der Waals surface area (Å²) in [5, 5.41) is 0. The Kier molecular flexibility index (Phi) is 3.62. The first-order valence-corrected chi connectivity index (χ1v) is 6.22. The van der Waals surface area contributed by atoms with Crippen molar-refractivity contribution in [2.75, 3.05) is 6.54 Å². The summed E-state index contributed by atoms with van der Waals surface area (Å²) in [4.78, 5) is 2.53. The first-order valence-electron chi connectivity index (χ1n) is 6.22. The SMILES string of the molecule is CC(C)[C@H]1[C@H](N)CCN1Cc1ccccc1. The third-order valence-corrected chi connectivity index (χ3v) is 3.52. The number of nitrogens with two attached hydrogens (primary N) is 1. The number of likely N-dealkylation sites (tertiary alicyclic amines) is 1. The Hall–Kier alpha value is -0.860. The van der Waals surface area contributed by atoms with E-state index in [9.17, 15) is 0 Å². The average Bonchev–Trinajstić information content (AvgIpc) is 2.61. The van der Waals surface area contributed by atoms with Crippen LogP contribution in [0.1, 0.15) is 25.8 Å². The Morgan fingerprint density at radius 1 is 1.31 bits per heavy atom. The Morgan fingerprint density at radius 3 is 2.62 bits per heavy atom. The van der Waals surface area contributed by atoms with Crippen LogP contribution in [0.4, 0.5) is 0 Å².